The Labute approximate surface area is 121 Å². The molecule has 0 atom stereocenters. The van der Waals surface area contributed by atoms with Crippen molar-refractivity contribution in [2.75, 3.05) is 5.32 Å². The highest BCUT2D eigenvalue weighted by Gasteiger charge is 2.12. The van der Waals surface area contributed by atoms with Gasteiger partial charge in [0.25, 0.3) is 0 Å². The average Bonchev–Trinajstić information content (AvgIpc) is 2.33. The monoisotopic (exact) mass is 294 g/mol. The zero-order chi connectivity index (χ0) is 14.0. The SMILES string of the molecule is Cc1ccc(Cl)cc1Nc1cccc(F)c1C(N)=S. The fraction of sp³-hybridized carbons (Fsp3) is 0.0714. The minimum atomic E-state index is -0.447. The first kappa shape index (κ1) is 13.8. The number of rotatable bonds is 3. The van der Waals surface area contributed by atoms with E-state index in [4.69, 9.17) is 29.6 Å². The van der Waals surface area contributed by atoms with E-state index in [1.54, 1.807) is 24.3 Å². The van der Waals surface area contributed by atoms with Crippen LogP contribution in [0.3, 0.4) is 0 Å². The molecule has 2 aromatic rings. The van der Waals surface area contributed by atoms with Crippen LogP contribution in [-0.4, -0.2) is 4.99 Å². The molecule has 98 valence electrons. The first-order valence-corrected chi connectivity index (χ1v) is 6.39. The van der Waals surface area contributed by atoms with Gasteiger partial charge < -0.3 is 11.1 Å². The average molecular weight is 295 g/mol. The maximum atomic E-state index is 13.7. The highest BCUT2D eigenvalue weighted by molar-refractivity contribution is 7.80. The van der Waals surface area contributed by atoms with Crippen molar-refractivity contribution < 1.29 is 4.39 Å². The van der Waals surface area contributed by atoms with E-state index >= 15 is 0 Å². The lowest BCUT2D eigenvalue weighted by atomic mass is 10.1. The number of nitrogens with two attached hydrogens (primary N) is 1. The van der Waals surface area contributed by atoms with Crippen molar-refractivity contribution in [2.45, 2.75) is 6.92 Å². The second-order valence-corrected chi connectivity index (χ2v) is 4.99. The third-order valence-corrected chi connectivity index (χ3v) is 3.17. The summed E-state index contributed by atoms with van der Waals surface area (Å²) in [7, 11) is 0. The van der Waals surface area contributed by atoms with Crippen molar-refractivity contribution in [3.05, 3.63) is 58.4 Å². The molecular weight excluding hydrogens is 283 g/mol. The fourth-order valence-corrected chi connectivity index (χ4v) is 2.13. The highest BCUT2D eigenvalue weighted by Crippen LogP contribution is 2.27. The van der Waals surface area contributed by atoms with Gasteiger partial charge >= 0.3 is 0 Å². The molecule has 0 saturated carbocycles. The number of anilines is 2. The Morgan fingerprint density at radius 2 is 2.00 bits per heavy atom. The molecule has 0 aliphatic heterocycles. The number of aryl methyl sites for hydroxylation is 1. The number of thiocarbonyl (C=S) groups is 1. The molecule has 0 aromatic heterocycles. The van der Waals surface area contributed by atoms with Crippen LogP contribution in [0.1, 0.15) is 11.1 Å². The van der Waals surface area contributed by atoms with Gasteiger partial charge in [0.05, 0.1) is 11.3 Å². The molecule has 5 heteroatoms. The van der Waals surface area contributed by atoms with E-state index in [-0.39, 0.29) is 10.6 Å². The third-order valence-electron chi connectivity index (χ3n) is 2.73. The molecule has 2 nitrogen and oxygen atoms in total. The predicted octanol–water partition coefficient (Wildman–Crippen LogP) is 4.17. The largest absolute Gasteiger partial charge is 0.389 e. The van der Waals surface area contributed by atoms with Gasteiger partial charge in [-0.05, 0) is 36.8 Å². The van der Waals surface area contributed by atoms with Crippen LogP contribution < -0.4 is 11.1 Å². The van der Waals surface area contributed by atoms with Gasteiger partial charge in [-0.3, -0.25) is 0 Å². The minimum absolute atomic E-state index is 0.0141. The van der Waals surface area contributed by atoms with E-state index in [0.29, 0.717) is 10.7 Å². The lowest BCUT2D eigenvalue weighted by molar-refractivity contribution is 0.626. The molecule has 0 unspecified atom stereocenters. The molecule has 0 spiro atoms. The highest BCUT2D eigenvalue weighted by atomic mass is 35.5. The molecule has 0 amide bonds. The number of nitrogens with one attached hydrogen (secondary N) is 1. The topological polar surface area (TPSA) is 38.0 Å². The van der Waals surface area contributed by atoms with E-state index < -0.39 is 5.82 Å². The van der Waals surface area contributed by atoms with Crippen LogP contribution in [0.4, 0.5) is 15.8 Å². The predicted molar refractivity (Wildman–Crippen MR) is 81.8 cm³/mol. The number of hydrogen-bond donors (Lipinski definition) is 2. The Kier molecular flexibility index (Phi) is 4.02. The maximum Gasteiger partial charge on any atom is 0.135 e. The normalized spacial score (nSPS) is 10.3. The number of benzene rings is 2. The lowest BCUT2D eigenvalue weighted by Gasteiger charge is -2.14. The van der Waals surface area contributed by atoms with Gasteiger partial charge in [0.15, 0.2) is 0 Å². The summed E-state index contributed by atoms with van der Waals surface area (Å²) in [5, 5.41) is 3.71. The second-order valence-electron chi connectivity index (χ2n) is 4.11. The minimum Gasteiger partial charge on any atom is -0.389 e. The Bertz CT molecular complexity index is 643. The summed E-state index contributed by atoms with van der Waals surface area (Å²) in [5.41, 5.74) is 8.07. The van der Waals surface area contributed by atoms with Gasteiger partial charge in [0.1, 0.15) is 10.8 Å². The first-order valence-electron chi connectivity index (χ1n) is 5.60. The quantitative estimate of drug-likeness (QED) is 0.835. The zero-order valence-electron chi connectivity index (χ0n) is 10.2. The first-order chi connectivity index (χ1) is 8.99. The van der Waals surface area contributed by atoms with E-state index in [1.165, 1.54) is 6.07 Å². The molecule has 2 rings (SSSR count). The molecule has 3 N–H and O–H groups in total. The summed E-state index contributed by atoms with van der Waals surface area (Å²) in [4.78, 5) is 0.0141. The molecule has 0 saturated heterocycles. The van der Waals surface area contributed by atoms with Crippen LogP contribution in [-0.2, 0) is 0 Å². The summed E-state index contributed by atoms with van der Waals surface area (Å²) in [5.74, 6) is -0.447. The zero-order valence-corrected chi connectivity index (χ0v) is 11.8. The molecule has 19 heavy (non-hydrogen) atoms. The van der Waals surface area contributed by atoms with Gasteiger partial charge in [-0.15, -0.1) is 0 Å². The van der Waals surface area contributed by atoms with Crippen molar-refractivity contribution in [3.63, 3.8) is 0 Å². The van der Waals surface area contributed by atoms with Crippen LogP contribution in [0.5, 0.6) is 0 Å². The summed E-state index contributed by atoms with van der Waals surface area (Å²) in [6.07, 6.45) is 0. The summed E-state index contributed by atoms with van der Waals surface area (Å²) >= 11 is 10.8. The molecular formula is C14H12ClFN2S. The molecule has 0 aliphatic rings. The van der Waals surface area contributed by atoms with E-state index in [1.807, 2.05) is 13.0 Å². The third kappa shape index (κ3) is 3.03. The maximum absolute atomic E-state index is 13.7. The van der Waals surface area contributed by atoms with E-state index in [0.717, 1.165) is 11.3 Å². The molecule has 0 fully saturated rings. The fourth-order valence-electron chi connectivity index (χ4n) is 1.75. The summed E-state index contributed by atoms with van der Waals surface area (Å²) in [6, 6.07) is 10.1. The number of halogens is 2. The lowest BCUT2D eigenvalue weighted by Crippen LogP contribution is -2.14. The number of hydrogen-bond acceptors (Lipinski definition) is 2. The molecule has 0 aliphatic carbocycles. The van der Waals surface area contributed by atoms with Crippen molar-refractivity contribution >= 4 is 40.2 Å². The van der Waals surface area contributed by atoms with E-state index in [2.05, 4.69) is 5.32 Å². The van der Waals surface area contributed by atoms with Crippen LogP contribution >= 0.6 is 23.8 Å². The second kappa shape index (κ2) is 5.55. The van der Waals surface area contributed by atoms with Gasteiger partial charge in [-0.1, -0.05) is 36.0 Å². The Hall–Kier alpha value is -1.65. The van der Waals surface area contributed by atoms with Crippen LogP contribution in [0.25, 0.3) is 0 Å². The molecule has 2 aromatic carbocycles. The Morgan fingerprint density at radius 1 is 1.26 bits per heavy atom. The van der Waals surface area contributed by atoms with Crippen LogP contribution in [0, 0.1) is 12.7 Å². The van der Waals surface area contributed by atoms with E-state index in [9.17, 15) is 4.39 Å². The van der Waals surface area contributed by atoms with Crippen LogP contribution in [0.2, 0.25) is 5.02 Å². The Morgan fingerprint density at radius 3 is 2.68 bits per heavy atom. The van der Waals surface area contributed by atoms with Crippen molar-refractivity contribution in [1.82, 2.24) is 0 Å². The van der Waals surface area contributed by atoms with Crippen molar-refractivity contribution in [2.24, 2.45) is 5.73 Å². The summed E-state index contributed by atoms with van der Waals surface area (Å²) in [6.45, 7) is 1.93. The molecule has 0 bridgehead atoms. The van der Waals surface area contributed by atoms with Crippen LogP contribution in [0.15, 0.2) is 36.4 Å². The van der Waals surface area contributed by atoms with Gasteiger partial charge in [0.2, 0.25) is 0 Å². The summed E-state index contributed by atoms with van der Waals surface area (Å²) < 4.78 is 13.7. The van der Waals surface area contributed by atoms with Crippen molar-refractivity contribution in [1.29, 1.82) is 0 Å². The Balaban J connectivity index is 2.46. The van der Waals surface area contributed by atoms with Crippen molar-refractivity contribution in [3.8, 4) is 0 Å². The van der Waals surface area contributed by atoms with Gasteiger partial charge in [0, 0.05) is 10.7 Å². The van der Waals surface area contributed by atoms with Gasteiger partial charge in [-0.2, -0.15) is 0 Å². The standard InChI is InChI=1S/C14H12ClFN2S/c1-8-5-6-9(15)7-12(8)18-11-4-2-3-10(16)13(11)14(17)19/h2-7,18H,1H3,(H2,17,19). The smallest absolute Gasteiger partial charge is 0.135 e. The molecule has 0 radical (unpaired) electrons. The van der Waals surface area contributed by atoms with Gasteiger partial charge in [-0.25, -0.2) is 4.39 Å². The molecule has 0 heterocycles.